The summed E-state index contributed by atoms with van der Waals surface area (Å²) >= 11 is 0. The molecule has 0 amide bonds. The highest BCUT2D eigenvalue weighted by Crippen LogP contribution is 2.64. The number of rotatable bonds is 5. The Balaban J connectivity index is 1.21. The summed E-state index contributed by atoms with van der Waals surface area (Å²) in [6.07, 6.45) is 15.3. The van der Waals surface area contributed by atoms with E-state index in [9.17, 15) is 9.90 Å². The van der Waals surface area contributed by atoms with E-state index >= 15 is 0 Å². The van der Waals surface area contributed by atoms with Gasteiger partial charge in [0.05, 0.1) is 17.4 Å². The van der Waals surface area contributed by atoms with Crippen LogP contribution < -0.4 is 0 Å². The van der Waals surface area contributed by atoms with E-state index < -0.39 is 5.60 Å². The van der Waals surface area contributed by atoms with Crippen LogP contribution in [0, 0.1) is 52.3 Å². The number of nitriles is 1. The molecule has 1 aromatic heterocycles. The van der Waals surface area contributed by atoms with Crippen molar-refractivity contribution in [2.24, 2.45) is 40.9 Å². The molecule has 5 rings (SSSR count). The minimum atomic E-state index is -0.450. The minimum Gasteiger partial charge on any atom is -0.390 e. The molecule has 0 aliphatic heterocycles. The molecule has 0 radical (unpaired) electrons. The molecule has 1 heterocycles. The van der Waals surface area contributed by atoms with Crippen LogP contribution in [0.5, 0.6) is 0 Å². The van der Waals surface area contributed by atoms with Crippen molar-refractivity contribution in [2.75, 3.05) is 0 Å². The zero-order valence-corrected chi connectivity index (χ0v) is 19.8. The molecule has 32 heavy (non-hydrogen) atoms. The van der Waals surface area contributed by atoms with Gasteiger partial charge in [0.15, 0.2) is 0 Å². The lowest BCUT2D eigenvalue weighted by molar-refractivity contribution is -0.132. The molecule has 5 nitrogen and oxygen atoms in total. The summed E-state index contributed by atoms with van der Waals surface area (Å²) < 4.78 is 1.79. The second-order valence-corrected chi connectivity index (χ2v) is 12.0. The average Bonchev–Trinajstić information content (AvgIpc) is 3.36. The number of nitrogens with zero attached hydrogens (tertiary/aromatic N) is 3. The maximum Gasteiger partial charge on any atom is 0.136 e. The van der Waals surface area contributed by atoms with Gasteiger partial charge in [0.1, 0.15) is 11.9 Å². The highest BCUT2D eigenvalue weighted by Gasteiger charge is 2.58. The first-order chi connectivity index (χ1) is 15.3. The topological polar surface area (TPSA) is 78.9 Å². The van der Waals surface area contributed by atoms with Crippen LogP contribution in [0.2, 0.25) is 0 Å². The van der Waals surface area contributed by atoms with Gasteiger partial charge >= 0.3 is 0 Å². The lowest BCUT2D eigenvalue weighted by Crippen LogP contribution is -2.51. The minimum absolute atomic E-state index is 0.185. The number of ketones is 1. The molecule has 174 valence electrons. The lowest BCUT2D eigenvalue weighted by Gasteiger charge is -2.56. The molecule has 5 heteroatoms. The van der Waals surface area contributed by atoms with Crippen molar-refractivity contribution in [1.29, 1.82) is 5.26 Å². The van der Waals surface area contributed by atoms with Crippen LogP contribution in [-0.2, 0) is 11.3 Å². The zero-order valence-electron chi connectivity index (χ0n) is 19.8. The third kappa shape index (κ3) is 3.83. The Labute approximate surface area is 192 Å². The van der Waals surface area contributed by atoms with E-state index in [-0.39, 0.29) is 11.3 Å². The van der Waals surface area contributed by atoms with E-state index in [1.807, 2.05) is 6.92 Å². The number of carbonyl (C=O) groups excluding carboxylic acids is 1. The van der Waals surface area contributed by atoms with Gasteiger partial charge in [-0.2, -0.15) is 10.4 Å². The van der Waals surface area contributed by atoms with Gasteiger partial charge in [-0.1, -0.05) is 6.92 Å². The maximum absolute atomic E-state index is 13.3. The number of carbonyl (C=O) groups is 1. The van der Waals surface area contributed by atoms with E-state index in [0.717, 1.165) is 43.4 Å². The van der Waals surface area contributed by atoms with Crippen LogP contribution in [0.1, 0.15) is 90.0 Å². The van der Waals surface area contributed by atoms with Crippen molar-refractivity contribution in [3.63, 3.8) is 0 Å². The van der Waals surface area contributed by atoms with Crippen molar-refractivity contribution in [3.8, 4) is 6.07 Å². The summed E-state index contributed by atoms with van der Waals surface area (Å²) in [4.78, 5) is 13.3. The Morgan fingerprint density at radius 3 is 2.75 bits per heavy atom. The molecule has 1 N–H and O–H groups in total. The van der Waals surface area contributed by atoms with Crippen molar-refractivity contribution in [3.05, 3.63) is 18.0 Å². The molecule has 0 bridgehead atoms. The van der Waals surface area contributed by atoms with E-state index in [0.29, 0.717) is 36.1 Å². The van der Waals surface area contributed by atoms with E-state index in [1.54, 1.807) is 17.1 Å². The quantitative estimate of drug-likeness (QED) is 0.693. The number of aryl methyl sites for hydroxylation is 1. The van der Waals surface area contributed by atoms with Gasteiger partial charge in [-0.3, -0.25) is 9.48 Å². The molecule has 0 unspecified atom stereocenters. The van der Waals surface area contributed by atoms with Crippen LogP contribution in [-0.4, -0.2) is 26.3 Å². The molecule has 0 saturated heterocycles. The van der Waals surface area contributed by atoms with Crippen molar-refractivity contribution >= 4 is 5.78 Å². The van der Waals surface area contributed by atoms with Gasteiger partial charge in [0, 0.05) is 25.1 Å². The zero-order chi connectivity index (χ0) is 22.5. The molecule has 0 aromatic carbocycles. The average molecular weight is 438 g/mol. The number of Topliss-reactive ketones (excluding diaryl/α,β-unsaturated/α-hetero) is 1. The summed E-state index contributed by atoms with van der Waals surface area (Å²) in [6.45, 7) is 5.18. The van der Waals surface area contributed by atoms with Crippen molar-refractivity contribution in [1.82, 2.24) is 9.78 Å². The smallest absolute Gasteiger partial charge is 0.136 e. The standard InChI is InChI=1S/C27H39N3O2/c1-26(32)11-9-20-19(14-26)5-6-22-21(20)10-12-27(2)23(22)7-8-24(27)25(31)4-3-13-30-17-18(15-28)16-29-30/h16-17,19-24,32H,3-14H2,1-2H3/t19-,20+,21-,22-,23+,24-,26-,27+/m1/s1. The number of aliphatic hydroxyl groups is 1. The van der Waals surface area contributed by atoms with Crippen LogP contribution in [0.25, 0.3) is 0 Å². The number of hydrogen-bond donors (Lipinski definition) is 1. The summed E-state index contributed by atoms with van der Waals surface area (Å²) in [7, 11) is 0. The van der Waals surface area contributed by atoms with Gasteiger partial charge in [0.25, 0.3) is 0 Å². The van der Waals surface area contributed by atoms with Crippen molar-refractivity contribution < 1.29 is 9.90 Å². The summed E-state index contributed by atoms with van der Waals surface area (Å²) in [5.41, 5.74) is 0.315. The first-order valence-corrected chi connectivity index (χ1v) is 13.0. The van der Waals surface area contributed by atoms with E-state index in [2.05, 4.69) is 18.1 Å². The first kappa shape index (κ1) is 22.1. The fourth-order valence-corrected chi connectivity index (χ4v) is 8.74. The molecule has 4 fully saturated rings. The number of hydrogen-bond acceptors (Lipinski definition) is 4. The Bertz CT molecular complexity index is 899. The fourth-order valence-electron chi connectivity index (χ4n) is 8.74. The van der Waals surface area contributed by atoms with Crippen LogP contribution in [0.4, 0.5) is 0 Å². The summed E-state index contributed by atoms with van der Waals surface area (Å²) in [5.74, 6) is 4.54. The fraction of sp³-hybridized carbons (Fsp3) is 0.815. The van der Waals surface area contributed by atoms with E-state index in [4.69, 9.17) is 5.26 Å². The molecule has 0 spiro atoms. The highest BCUT2D eigenvalue weighted by molar-refractivity contribution is 5.82. The molecule has 1 aromatic rings. The predicted molar refractivity (Wildman–Crippen MR) is 122 cm³/mol. The SMILES string of the molecule is C[C@@]1(O)CC[C@H]2[C@H](CC[C@@H]3[C@@H]2CC[C@]2(C)[C@@H](C(=O)CCCn4cc(C#N)cn4)CC[C@@H]32)C1. The Morgan fingerprint density at radius 2 is 1.97 bits per heavy atom. The Morgan fingerprint density at radius 1 is 1.16 bits per heavy atom. The third-order valence-electron chi connectivity index (χ3n) is 10.2. The Hall–Kier alpha value is -1.67. The number of aromatic nitrogens is 2. The van der Waals surface area contributed by atoms with Gasteiger partial charge in [0.2, 0.25) is 0 Å². The van der Waals surface area contributed by atoms with Gasteiger partial charge < -0.3 is 5.11 Å². The second kappa shape index (κ2) is 8.28. The molecule has 4 aliphatic rings. The van der Waals surface area contributed by atoms with Gasteiger partial charge in [-0.15, -0.1) is 0 Å². The van der Waals surface area contributed by atoms with Crippen LogP contribution >= 0.6 is 0 Å². The summed E-state index contributed by atoms with van der Waals surface area (Å²) in [6, 6.07) is 2.11. The van der Waals surface area contributed by atoms with Crippen LogP contribution in [0.3, 0.4) is 0 Å². The number of fused-ring (bicyclic) bond motifs is 5. The highest BCUT2D eigenvalue weighted by atomic mass is 16.3. The second-order valence-electron chi connectivity index (χ2n) is 12.0. The van der Waals surface area contributed by atoms with Gasteiger partial charge in [-0.05, 0) is 106 Å². The normalized spacial score (nSPS) is 43.1. The first-order valence-electron chi connectivity index (χ1n) is 13.0. The molecular formula is C27H39N3O2. The van der Waals surface area contributed by atoms with E-state index in [1.165, 1.54) is 38.5 Å². The largest absolute Gasteiger partial charge is 0.390 e. The Kier molecular flexibility index (Phi) is 5.73. The molecular weight excluding hydrogens is 398 g/mol. The lowest BCUT2D eigenvalue weighted by atomic mass is 9.49. The molecule has 4 saturated carbocycles. The van der Waals surface area contributed by atoms with Crippen molar-refractivity contribution in [2.45, 2.75) is 96.6 Å². The van der Waals surface area contributed by atoms with Crippen LogP contribution in [0.15, 0.2) is 12.4 Å². The third-order valence-corrected chi connectivity index (χ3v) is 10.2. The summed E-state index contributed by atoms with van der Waals surface area (Å²) in [5, 5.41) is 23.8. The monoisotopic (exact) mass is 437 g/mol. The molecule has 8 atom stereocenters. The maximum atomic E-state index is 13.3. The predicted octanol–water partition coefficient (Wildman–Crippen LogP) is 5.12. The molecule has 4 aliphatic carbocycles. The van der Waals surface area contributed by atoms with Gasteiger partial charge in [-0.25, -0.2) is 0 Å².